The highest BCUT2D eigenvalue weighted by atomic mass is 35.5. The van der Waals surface area contributed by atoms with E-state index in [-0.39, 0.29) is 5.91 Å². The van der Waals surface area contributed by atoms with E-state index in [0.717, 1.165) is 25.1 Å². The van der Waals surface area contributed by atoms with Crippen molar-refractivity contribution in [2.75, 3.05) is 13.1 Å². The fraction of sp³-hybridized carbons (Fsp3) is 0.400. The number of likely N-dealkylation sites (tertiary alicyclic amines) is 1. The fourth-order valence-electron chi connectivity index (χ4n) is 2.27. The largest absolute Gasteiger partial charge is 0.339 e. The Morgan fingerprint density at radius 3 is 2.94 bits per heavy atom. The fourth-order valence-corrected chi connectivity index (χ4v) is 2.47. The molecule has 1 amide bonds. The van der Waals surface area contributed by atoms with Crippen LogP contribution in [0.25, 0.3) is 6.08 Å². The first-order valence-electron chi connectivity index (χ1n) is 6.38. The van der Waals surface area contributed by atoms with Gasteiger partial charge in [0.25, 0.3) is 0 Å². The van der Waals surface area contributed by atoms with E-state index in [4.69, 9.17) is 11.6 Å². The van der Waals surface area contributed by atoms with E-state index >= 15 is 0 Å². The summed E-state index contributed by atoms with van der Waals surface area (Å²) in [5.41, 5.74) is 0.887. The molecule has 0 radical (unpaired) electrons. The molecule has 1 aliphatic rings. The number of halogens is 1. The third kappa shape index (κ3) is 3.36. The molecule has 18 heavy (non-hydrogen) atoms. The molecule has 0 aliphatic carbocycles. The van der Waals surface area contributed by atoms with Crippen molar-refractivity contribution < 1.29 is 4.79 Å². The Morgan fingerprint density at radius 1 is 1.44 bits per heavy atom. The van der Waals surface area contributed by atoms with Gasteiger partial charge in [-0.3, -0.25) is 4.79 Å². The van der Waals surface area contributed by atoms with Gasteiger partial charge >= 0.3 is 0 Å². The Kier molecular flexibility index (Phi) is 4.43. The first kappa shape index (κ1) is 13.2. The first-order chi connectivity index (χ1) is 8.66. The zero-order valence-electron chi connectivity index (χ0n) is 10.6. The average Bonchev–Trinajstić information content (AvgIpc) is 2.37. The maximum absolute atomic E-state index is 12.0. The lowest BCUT2D eigenvalue weighted by Gasteiger charge is -2.30. The zero-order valence-corrected chi connectivity index (χ0v) is 11.4. The molecule has 96 valence electrons. The quantitative estimate of drug-likeness (QED) is 0.747. The summed E-state index contributed by atoms with van der Waals surface area (Å²) in [6, 6.07) is 7.53. The minimum absolute atomic E-state index is 0.0847. The lowest BCUT2D eigenvalue weighted by molar-refractivity contribution is -0.127. The number of carbonyl (C=O) groups is 1. The summed E-state index contributed by atoms with van der Waals surface area (Å²) >= 11 is 6.04. The van der Waals surface area contributed by atoms with Crippen molar-refractivity contribution in [3.63, 3.8) is 0 Å². The van der Waals surface area contributed by atoms with Gasteiger partial charge < -0.3 is 4.90 Å². The highest BCUT2D eigenvalue weighted by Crippen LogP contribution is 2.18. The van der Waals surface area contributed by atoms with Gasteiger partial charge in [-0.25, -0.2) is 0 Å². The Bertz CT molecular complexity index is 456. The molecule has 2 rings (SSSR count). The predicted molar refractivity (Wildman–Crippen MR) is 75.5 cm³/mol. The minimum Gasteiger partial charge on any atom is -0.339 e. The van der Waals surface area contributed by atoms with Gasteiger partial charge in [0.05, 0.1) is 0 Å². The Balaban J connectivity index is 2.01. The second-order valence-electron chi connectivity index (χ2n) is 4.89. The number of amides is 1. The molecule has 0 spiro atoms. The number of nitrogens with zero attached hydrogens (tertiary/aromatic N) is 1. The highest BCUT2D eigenvalue weighted by Gasteiger charge is 2.18. The summed E-state index contributed by atoms with van der Waals surface area (Å²) in [4.78, 5) is 13.9. The van der Waals surface area contributed by atoms with Crippen LogP contribution in [0.4, 0.5) is 0 Å². The summed E-state index contributed by atoms with van der Waals surface area (Å²) in [7, 11) is 0. The molecule has 0 bridgehead atoms. The lowest BCUT2D eigenvalue weighted by atomic mass is 10.0. The van der Waals surface area contributed by atoms with Crippen LogP contribution in [0.2, 0.25) is 5.02 Å². The van der Waals surface area contributed by atoms with Crippen molar-refractivity contribution >= 4 is 23.6 Å². The van der Waals surface area contributed by atoms with Crippen molar-refractivity contribution in [2.24, 2.45) is 5.92 Å². The smallest absolute Gasteiger partial charge is 0.246 e. The van der Waals surface area contributed by atoms with Gasteiger partial charge in [-0.2, -0.15) is 0 Å². The van der Waals surface area contributed by atoms with Gasteiger partial charge in [0.15, 0.2) is 0 Å². The minimum atomic E-state index is 0.0847. The van der Waals surface area contributed by atoms with Gasteiger partial charge in [-0.1, -0.05) is 36.7 Å². The van der Waals surface area contributed by atoms with Gasteiger partial charge in [0.2, 0.25) is 5.91 Å². The van der Waals surface area contributed by atoms with Crippen LogP contribution in [0, 0.1) is 5.92 Å². The predicted octanol–water partition coefficient (Wildman–Crippen LogP) is 3.61. The van der Waals surface area contributed by atoms with Crippen molar-refractivity contribution in [3.8, 4) is 0 Å². The van der Waals surface area contributed by atoms with Crippen LogP contribution in [0.1, 0.15) is 25.3 Å². The van der Waals surface area contributed by atoms with Crippen molar-refractivity contribution in [2.45, 2.75) is 19.8 Å². The molecule has 3 heteroatoms. The maximum atomic E-state index is 12.0. The van der Waals surface area contributed by atoms with E-state index in [0.29, 0.717) is 10.9 Å². The summed E-state index contributed by atoms with van der Waals surface area (Å²) < 4.78 is 0. The van der Waals surface area contributed by atoms with Crippen LogP contribution in [-0.2, 0) is 4.79 Å². The number of hydrogen-bond acceptors (Lipinski definition) is 1. The second-order valence-corrected chi connectivity index (χ2v) is 5.29. The van der Waals surface area contributed by atoms with Gasteiger partial charge in [-0.15, -0.1) is 0 Å². The van der Waals surface area contributed by atoms with Crippen LogP contribution in [0.5, 0.6) is 0 Å². The molecule has 1 heterocycles. The molecular weight excluding hydrogens is 246 g/mol. The molecular formula is C15H18ClNO. The van der Waals surface area contributed by atoms with E-state index < -0.39 is 0 Å². The average molecular weight is 264 g/mol. The van der Waals surface area contributed by atoms with E-state index in [9.17, 15) is 4.79 Å². The normalized spacial score (nSPS) is 20.3. The van der Waals surface area contributed by atoms with Crippen molar-refractivity contribution in [3.05, 3.63) is 40.9 Å². The maximum Gasteiger partial charge on any atom is 0.246 e. The molecule has 0 saturated carbocycles. The molecule has 0 N–H and O–H groups in total. The second kappa shape index (κ2) is 6.05. The number of benzene rings is 1. The first-order valence-corrected chi connectivity index (χ1v) is 6.76. The summed E-state index contributed by atoms with van der Waals surface area (Å²) in [6.45, 7) is 3.93. The zero-order chi connectivity index (χ0) is 13.0. The highest BCUT2D eigenvalue weighted by molar-refractivity contribution is 6.32. The van der Waals surface area contributed by atoms with Crippen LogP contribution in [-0.4, -0.2) is 23.9 Å². The number of hydrogen-bond donors (Lipinski definition) is 0. The summed E-state index contributed by atoms with van der Waals surface area (Å²) in [5, 5.41) is 0.675. The Morgan fingerprint density at radius 2 is 2.22 bits per heavy atom. The third-order valence-corrected chi connectivity index (χ3v) is 3.62. The molecule has 1 aromatic carbocycles. The molecule has 1 unspecified atom stereocenters. The van der Waals surface area contributed by atoms with Crippen LogP contribution >= 0.6 is 11.6 Å². The molecule has 2 nitrogen and oxygen atoms in total. The van der Waals surface area contributed by atoms with Gasteiger partial charge in [-0.05, 0) is 36.5 Å². The SMILES string of the molecule is CC1CCCN(C(=O)/C=C/c2ccccc2Cl)C1. The number of piperidine rings is 1. The number of rotatable bonds is 2. The molecule has 0 aromatic heterocycles. The molecule has 1 atom stereocenters. The lowest BCUT2D eigenvalue weighted by Crippen LogP contribution is -2.38. The van der Waals surface area contributed by atoms with Gasteiger partial charge in [0, 0.05) is 24.2 Å². The van der Waals surface area contributed by atoms with E-state index in [2.05, 4.69) is 6.92 Å². The topological polar surface area (TPSA) is 20.3 Å². The third-order valence-electron chi connectivity index (χ3n) is 3.28. The van der Waals surface area contributed by atoms with Crippen LogP contribution < -0.4 is 0 Å². The van der Waals surface area contributed by atoms with Gasteiger partial charge in [0.1, 0.15) is 0 Å². The van der Waals surface area contributed by atoms with Crippen molar-refractivity contribution in [1.82, 2.24) is 4.90 Å². The summed E-state index contributed by atoms with van der Waals surface area (Å²) in [5.74, 6) is 0.692. The standard InChI is InChI=1S/C15H18ClNO/c1-12-5-4-10-17(11-12)15(18)9-8-13-6-2-3-7-14(13)16/h2-3,6-9,12H,4-5,10-11H2,1H3/b9-8+. The van der Waals surface area contributed by atoms with E-state index in [1.807, 2.05) is 29.2 Å². The van der Waals surface area contributed by atoms with Crippen LogP contribution in [0.15, 0.2) is 30.3 Å². The molecule has 1 fully saturated rings. The van der Waals surface area contributed by atoms with E-state index in [1.165, 1.54) is 6.42 Å². The van der Waals surface area contributed by atoms with Crippen LogP contribution in [0.3, 0.4) is 0 Å². The molecule has 1 saturated heterocycles. The number of carbonyl (C=O) groups excluding carboxylic acids is 1. The molecule has 1 aliphatic heterocycles. The van der Waals surface area contributed by atoms with Crippen molar-refractivity contribution in [1.29, 1.82) is 0 Å². The van der Waals surface area contributed by atoms with E-state index in [1.54, 1.807) is 12.2 Å². The Hall–Kier alpha value is -1.28. The Labute approximate surface area is 113 Å². The monoisotopic (exact) mass is 263 g/mol. The summed E-state index contributed by atoms with van der Waals surface area (Å²) in [6.07, 6.45) is 5.74. The molecule has 1 aromatic rings.